The molecule has 0 saturated carbocycles. The molecule has 0 fully saturated rings. The van der Waals surface area contributed by atoms with Crippen molar-refractivity contribution in [2.24, 2.45) is 0 Å². The number of fused-ring (bicyclic) bond motifs is 1. The Kier molecular flexibility index (Phi) is 6.65. The average Bonchev–Trinajstić information content (AvgIpc) is 2.83. The molecule has 190 valence electrons. The van der Waals surface area contributed by atoms with Gasteiger partial charge in [0.1, 0.15) is 23.5 Å². The van der Waals surface area contributed by atoms with Crippen LogP contribution in [0.1, 0.15) is 18.4 Å². The molecule has 12 heteroatoms. The standard InChI is InChI=1S/C24H18F5NO5S/c25-16-5-7-20(26)19(12-16)14-4-8-22-21(10-14)30(13-17(35-22)6-9-23(31)32)36(33,34)18-3-1-2-15(11-18)24(27,28)29/h1-5,7-8,10-12,17H,6,9,13H2,(H,31,32)/t17-/m1/s1. The number of rotatable bonds is 6. The lowest BCUT2D eigenvalue weighted by Gasteiger charge is -2.36. The highest BCUT2D eigenvalue weighted by atomic mass is 32.2. The van der Waals surface area contributed by atoms with Crippen LogP contribution in [-0.2, 0) is 21.0 Å². The summed E-state index contributed by atoms with van der Waals surface area (Å²) in [6.45, 7) is -0.409. The number of nitrogens with zero attached hydrogens (tertiary/aromatic N) is 1. The Morgan fingerprint density at radius 3 is 2.50 bits per heavy atom. The van der Waals surface area contributed by atoms with Gasteiger partial charge in [0.2, 0.25) is 0 Å². The lowest BCUT2D eigenvalue weighted by atomic mass is 10.0. The summed E-state index contributed by atoms with van der Waals surface area (Å²) in [5, 5.41) is 9.00. The first kappa shape index (κ1) is 25.4. The van der Waals surface area contributed by atoms with E-state index in [0.717, 1.165) is 40.7 Å². The number of hydrogen-bond acceptors (Lipinski definition) is 4. The highest BCUT2D eigenvalue weighted by molar-refractivity contribution is 7.92. The van der Waals surface area contributed by atoms with E-state index in [4.69, 9.17) is 9.84 Å². The summed E-state index contributed by atoms with van der Waals surface area (Å²) in [4.78, 5) is 10.4. The van der Waals surface area contributed by atoms with Crippen molar-refractivity contribution in [1.82, 2.24) is 0 Å². The summed E-state index contributed by atoms with van der Waals surface area (Å²) in [5.74, 6) is -2.66. The number of ether oxygens (including phenoxy) is 1. The molecule has 36 heavy (non-hydrogen) atoms. The smallest absolute Gasteiger partial charge is 0.416 e. The van der Waals surface area contributed by atoms with E-state index in [1.54, 1.807) is 0 Å². The molecular formula is C24H18F5NO5S. The van der Waals surface area contributed by atoms with Crippen LogP contribution in [0.4, 0.5) is 27.6 Å². The fraction of sp³-hybridized carbons (Fsp3) is 0.208. The predicted molar refractivity (Wildman–Crippen MR) is 119 cm³/mol. The zero-order valence-corrected chi connectivity index (χ0v) is 19.1. The number of alkyl halides is 3. The van der Waals surface area contributed by atoms with E-state index in [-0.39, 0.29) is 35.4 Å². The summed E-state index contributed by atoms with van der Waals surface area (Å²) in [6.07, 6.45) is -6.14. The van der Waals surface area contributed by atoms with Crippen molar-refractivity contribution >= 4 is 21.7 Å². The van der Waals surface area contributed by atoms with E-state index < -0.39 is 56.9 Å². The Morgan fingerprint density at radius 1 is 1.06 bits per heavy atom. The lowest BCUT2D eigenvalue weighted by molar-refractivity contribution is -0.138. The van der Waals surface area contributed by atoms with Crippen molar-refractivity contribution in [3.05, 3.63) is 77.9 Å². The average molecular weight is 527 g/mol. The first-order chi connectivity index (χ1) is 16.9. The van der Waals surface area contributed by atoms with Gasteiger partial charge in [0, 0.05) is 12.0 Å². The Balaban J connectivity index is 1.83. The Bertz CT molecular complexity index is 1420. The minimum Gasteiger partial charge on any atom is -0.486 e. The van der Waals surface area contributed by atoms with Crippen LogP contribution in [0, 0.1) is 11.6 Å². The van der Waals surface area contributed by atoms with E-state index >= 15 is 0 Å². The molecule has 0 aromatic heterocycles. The number of hydrogen-bond donors (Lipinski definition) is 1. The summed E-state index contributed by atoms with van der Waals surface area (Å²) in [6, 6.07) is 9.83. The van der Waals surface area contributed by atoms with Crippen molar-refractivity contribution in [1.29, 1.82) is 0 Å². The van der Waals surface area contributed by atoms with Gasteiger partial charge in [-0.3, -0.25) is 9.10 Å². The SMILES string of the molecule is O=C(O)CC[C@@H]1CN(S(=O)(=O)c2cccc(C(F)(F)F)c2)c2cc(-c3cc(F)ccc3F)ccc2O1. The molecular weight excluding hydrogens is 509 g/mol. The van der Waals surface area contributed by atoms with E-state index in [0.29, 0.717) is 6.07 Å². The van der Waals surface area contributed by atoms with Gasteiger partial charge in [-0.15, -0.1) is 0 Å². The van der Waals surface area contributed by atoms with Gasteiger partial charge in [0.15, 0.2) is 0 Å². The molecule has 0 radical (unpaired) electrons. The third-order valence-electron chi connectivity index (χ3n) is 5.56. The van der Waals surface area contributed by atoms with Crippen LogP contribution in [-0.4, -0.2) is 32.1 Å². The lowest BCUT2D eigenvalue weighted by Crippen LogP contribution is -2.43. The number of aliphatic carboxylic acids is 1. The molecule has 1 aliphatic heterocycles. The molecule has 4 rings (SSSR count). The third-order valence-corrected chi connectivity index (χ3v) is 7.34. The highest BCUT2D eigenvalue weighted by Crippen LogP contribution is 2.41. The van der Waals surface area contributed by atoms with Crippen LogP contribution in [0.5, 0.6) is 5.75 Å². The Morgan fingerprint density at radius 2 is 1.81 bits per heavy atom. The zero-order chi connectivity index (χ0) is 26.3. The second-order valence-corrected chi connectivity index (χ2v) is 9.90. The minimum atomic E-state index is -4.79. The largest absolute Gasteiger partial charge is 0.486 e. The summed E-state index contributed by atoms with van der Waals surface area (Å²) in [5.41, 5.74) is -1.35. The minimum absolute atomic E-state index is 0.00671. The molecule has 0 bridgehead atoms. The fourth-order valence-corrected chi connectivity index (χ4v) is 5.37. The molecule has 0 aliphatic carbocycles. The van der Waals surface area contributed by atoms with E-state index in [1.165, 1.54) is 18.2 Å². The molecule has 3 aromatic carbocycles. The van der Waals surface area contributed by atoms with Crippen molar-refractivity contribution in [3.8, 4) is 16.9 Å². The number of sulfonamides is 1. The van der Waals surface area contributed by atoms with Crippen LogP contribution in [0.25, 0.3) is 11.1 Å². The van der Waals surface area contributed by atoms with Crippen LogP contribution >= 0.6 is 0 Å². The number of halogens is 5. The molecule has 1 aliphatic rings. The second kappa shape index (κ2) is 9.41. The van der Waals surface area contributed by atoms with Crippen LogP contribution in [0.3, 0.4) is 0 Å². The van der Waals surface area contributed by atoms with Crippen molar-refractivity contribution in [3.63, 3.8) is 0 Å². The zero-order valence-electron chi connectivity index (χ0n) is 18.3. The van der Waals surface area contributed by atoms with Gasteiger partial charge < -0.3 is 9.84 Å². The normalized spacial score (nSPS) is 15.8. The van der Waals surface area contributed by atoms with Crippen molar-refractivity contribution in [2.75, 3.05) is 10.8 Å². The van der Waals surface area contributed by atoms with Gasteiger partial charge in [-0.1, -0.05) is 12.1 Å². The maximum Gasteiger partial charge on any atom is 0.416 e. The Hall–Kier alpha value is -3.67. The number of anilines is 1. The first-order valence-corrected chi connectivity index (χ1v) is 12.0. The van der Waals surface area contributed by atoms with Gasteiger partial charge in [0.05, 0.1) is 22.7 Å². The number of carboxylic acids is 1. The molecule has 6 nitrogen and oxygen atoms in total. The molecule has 0 spiro atoms. The maximum atomic E-state index is 14.4. The number of carbonyl (C=O) groups is 1. The second-order valence-electron chi connectivity index (χ2n) is 8.04. The van der Waals surface area contributed by atoms with Gasteiger partial charge >= 0.3 is 12.1 Å². The predicted octanol–water partition coefficient (Wildman–Crippen LogP) is 5.47. The van der Waals surface area contributed by atoms with Gasteiger partial charge in [-0.05, 0) is 60.5 Å². The van der Waals surface area contributed by atoms with Gasteiger partial charge in [-0.2, -0.15) is 13.2 Å². The fourth-order valence-electron chi connectivity index (χ4n) is 3.82. The number of carboxylic acid groups (broad SMARTS) is 1. The van der Waals surface area contributed by atoms with E-state index in [2.05, 4.69) is 0 Å². The van der Waals surface area contributed by atoms with E-state index in [1.807, 2.05) is 0 Å². The van der Waals surface area contributed by atoms with E-state index in [9.17, 15) is 35.2 Å². The molecule has 0 amide bonds. The van der Waals surface area contributed by atoms with Crippen LogP contribution < -0.4 is 9.04 Å². The van der Waals surface area contributed by atoms with Crippen LogP contribution in [0.15, 0.2) is 65.6 Å². The third kappa shape index (κ3) is 5.13. The maximum absolute atomic E-state index is 14.4. The van der Waals surface area contributed by atoms with Crippen LogP contribution in [0.2, 0.25) is 0 Å². The number of benzene rings is 3. The molecule has 0 unspecified atom stereocenters. The summed E-state index contributed by atoms with van der Waals surface area (Å²) >= 11 is 0. The molecule has 1 atom stereocenters. The summed E-state index contributed by atoms with van der Waals surface area (Å²) < 4.78 is 101. The quantitative estimate of drug-likeness (QED) is 0.430. The topological polar surface area (TPSA) is 83.9 Å². The summed E-state index contributed by atoms with van der Waals surface area (Å²) in [7, 11) is -4.61. The monoisotopic (exact) mass is 527 g/mol. The molecule has 3 aromatic rings. The first-order valence-electron chi connectivity index (χ1n) is 10.5. The Labute approximate surface area is 202 Å². The molecule has 1 N–H and O–H groups in total. The van der Waals surface area contributed by atoms with Crippen molar-refractivity contribution < 1.29 is 45.0 Å². The molecule has 0 saturated heterocycles. The molecule has 1 heterocycles. The van der Waals surface area contributed by atoms with Gasteiger partial charge in [-0.25, -0.2) is 17.2 Å². The van der Waals surface area contributed by atoms with Crippen molar-refractivity contribution in [2.45, 2.75) is 30.0 Å². The van der Waals surface area contributed by atoms with Gasteiger partial charge in [0.25, 0.3) is 10.0 Å². The highest BCUT2D eigenvalue weighted by Gasteiger charge is 2.37.